The Morgan fingerprint density at radius 1 is 1.56 bits per heavy atom. The summed E-state index contributed by atoms with van der Waals surface area (Å²) in [5.74, 6) is 0.579. The molecule has 1 saturated carbocycles. The normalized spacial score (nSPS) is 17.8. The molecule has 0 unspecified atom stereocenters. The van der Waals surface area contributed by atoms with E-state index >= 15 is 0 Å². The van der Waals surface area contributed by atoms with Crippen LogP contribution >= 0.6 is 0 Å². The monoisotopic (exact) mass is 224 g/mol. The highest BCUT2D eigenvalue weighted by Gasteiger charge is 2.40. The van der Waals surface area contributed by atoms with Crippen molar-refractivity contribution in [3.8, 4) is 0 Å². The van der Waals surface area contributed by atoms with Crippen molar-refractivity contribution in [2.75, 3.05) is 7.11 Å². The molecule has 0 aliphatic heterocycles. The number of carbonyl (C=O) groups excluding carboxylic acids is 1. The van der Waals surface area contributed by atoms with Crippen LogP contribution in [-0.4, -0.2) is 18.7 Å². The molecule has 0 saturated heterocycles. The summed E-state index contributed by atoms with van der Waals surface area (Å²) in [4.78, 5) is 11.3. The number of methoxy groups -OCH3 is 1. The first-order valence-corrected chi connectivity index (χ1v) is 5.47. The fraction of sp³-hybridized carbons (Fsp3) is 0.583. The van der Waals surface area contributed by atoms with Gasteiger partial charge in [0.05, 0.1) is 25.4 Å². The van der Waals surface area contributed by atoms with Gasteiger partial charge in [0.1, 0.15) is 12.4 Å². The van der Waals surface area contributed by atoms with E-state index in [9.17, 15) is 4.79 Å². The van der Waals surface area contributed by atoms with Crippen molar-refractivity contribution in [2.45, 2.75) is 37.9 Å². The van der Waals surface area contributed by atoms with E-state index in [0.717, 1.165) is 25.0 Å². The largest absolute Gasteiger partial charge is 0.469 e. The number of hydrogen-bond donors (Lipinski definition) is 0. The lowest BCUT2D eigenvalue weighted by molar-refractivity contribution is -0.160. The molecule has 1 aromatic heterocycles. The minimum Gasteiger partial charge on any atom is -0.469 e. The zero-order valence-corrected chi connectivity index (χ0v) is 9.40. The quantitative estimate of drug-likeness (QED) is 0.720. The second-order valence-corrected chi connectivity index (χ2v) is 4.16. The number of carbonyl (C=O) groups is 1. The van der Waals surface area contributed by atoms with Crippen molar-refractivity contribution in [3.05, 3.63) is 24.2 Å². The van der Waals surface area contributed by atoms with Crippen molar-refractivity contribution in [2.24, 2.45) is 0 Å². The highest BCUT2D eigenvalue weighted by molar-refractivity contribution is 5.70. The maximum Gasteiger partial charge on any atom is 0.308 e. The van der Waals surface area contributed by atoms with Gasteiger partial charge in [-0.25, -0.2) is 0 Å². The third-order valence-electron chi connectivity index (χ3n) is 3.06. The molecule has 1 heterocycles. The number of hydrogen-bond acceptors (Lipinski definition) is 4. The Morgan fingerprint density at radius 3 is 2.88 bits per heavy atom. The number of esters is 1. The fourth-order valence-electron chi connectivity index (χ4n) is 1.90. The Balaban J connectivity index is 1.87. The van der Waals surface area contributed by atoms with Gasteiger partial charge in [-0.3, -0.25) is 4.79 Å². The summed E-state index contributed by atoms with van der Waals surface area (Å²) < 4.78 is 15.7. The molecule has 2 rings (SSSR count). The Hall–Kier alpha value is -1.29. The molecular weight excluding hydrogens is 208 g/mol. The predicted molar refractivity (Wildman–Crippen MR) is 56.7 cm³/mol. The van der Waals surface area contributed by atoms with Gasteiger partial charge < -0.3 is 13.9 Å². The molecule has 0 N–H and O–H groups in total. The van der Waals surface area contributed by atoms with Crippen LogP contribution in [0, 0.1) is 0 Å². The number of ether oxygens (including phenoxy) is 2. The van der Waals surface area contributed by atoms with Gasteiger partial charge in [0.25, 0.3) is 0 Å². The molecule has 88 valence electrons. The van der Waals surface area contributed by atoms with E-state index in [4.69, 9.17) is 9.15 Å². The van der Waals surface area contributed by atoms with E-state index in [1.165, 1.54) is 7.11 Å². The summed E-state index contributed by atoms with van der Waals surface area (Å²) in [6.07, 6.45) is 4.90. The van der Waals surface area contributed by atoms with Crippen molar-refractivity contribution in [1.29, 1.82) is 0 Å². The topological polar surface area (TPSA) is 48.7 Å². The lowest BCUT2D eigenvalue weighted by Crippen LogP contribution is -2.42. The van der Waals surface area contributed by atoms with E-state index in [-0.39, 0.29) is 11.6 Å². The average molecular weight is 224 g/mol. The molecule has 1 aliphatic carbocycles. The molecule has 1 aliphatic rings. The van der Waals surface area contributed by atoms with Crippen LogP contribution < -0.4 is 0 Å². The Morgan fingerprint density at radius 2 is 2.38 bits per heavy atom. The number of furan rings is 1. The lowest BCUT2D eigenvalue weighted by Gasteiger charge is -2.40. The maximum absolute atomic E-state index is 11.3. The van der Waals surface area contributed by atoms with E-state index in [1.54, 1.807) is 6.26 Å². The summed E-state index contributed by atoms with van der Waals surface area (Å²) >= 11 is 0. The minimum atomic E-state index is -0.320. The van der Waals surface area contributed by atoms with Gasteiger partial charge in [-0.05, 0) is 31.4 Å². The van der Waals surface area contributed by atoms with Gasteiger partial charge in [0.15, 0.2) is 0 Å². The summed E-state index contributed by atoms with van der Waals surface area (Å²) in [5, 5.41) is 0. The maximum atomic E-state index is 11.3. The van der Waals surface area contributed by atoms with E-state index in [2.05, 4.69) is 4.74 Å². The third kappa shape index (κ3) is 2.44. The summed E-state index contributed by atoms with van der Waals surface area (Å²) in [6.45, 7) is 0.421. The first-order valence-electron chi connectivity index (χ1n) is 5.47. The third-order valence-corrected chi connectivity index (χ3v) is 3.06. The molecule has 1 fully saturated rings. The second-order valence-electron chi connectivity index (χ2n) is 4.16. The molecule has 0 radical (unpaired) electrons. The van der Waals surface area contributed by atoms with Crippen molar-refractivity contribution >= 4 is 5.97 Å². The van der Waals surface area contributed by atoms with Gasteiger partial charge in [0.2, 0.25) is 0 Å². The van der Waals surface area contributed by atoms with Crippen LogP contribution in [0.1, 0.15) is 31.4 Å². The van der Waals surface area contributed by atoms with Crippen LogP contribution in [0.5, 0.6) is 0 Å². The zero-order valence-electron chi connectivity index (χ0n) is 9.40. The van der Waals surface area contributed by atoms with Crippen LogP contribution in [0.15, 0.2) is 22.8 Å². The predicted octanol–water partition coefficient (Wildman–Crippen LogP) is 2.28. The molecule has 16 heavy (non-hydrogen) atoms. The van der Waals surface area contributed by atoms with Gasteiger partial charge >= 0.3 is 5.97 Å². The summed E-state index contributed by atoms with van der Waals surface area (Å²) in [5.41, 5.74) is -0.320. The van der Waals surface area contributed by atoms with Crippen LogP contribution in [0.4, 0.5) is 0 Å². The number of rotatable bonds is 5. The van der Waals surface area contributed by atoms with E-state index in [1.807, 2.05) is 12.1 Å². The van der Waals surface area contributed by atoms with Crippen LogP contribution in [0.25, 0.3) is 0 Å². The highest BCUT2D eigenvalue weighted by atomic mass is 16.5. The average Bonchev–Trinajstić information content (AvgIpc) is 2.74. The fourth-order valence-corrected chi connectivity index (χ4v) is 1.90. The standard InChI is InChI=1S/C12H16O4/c1-14-11(13)8-12(5-3-6-12)16-9-10-4-2-7-15-10/h2,4,7H,3,5-6,8-9H2,1H3. The molecule has 0 spiro atoms. The smallest absolute Gasteiger partial charge is 0.308 e. The molecular formula is C12H16O4. The first kappa shape index (κ1) is 11.2. The zero-order chi connectivity index (χ0) is 11.4. The highest BCUT2D eigenvalue weighted by Crippen LogP contribution is 2.39. The van der Waals surface area contributed by atoms with Crippen molar-refractivity contribution in [1.82, 2.24) is 0 Å². The Kier molecular flexibility index (Phi) is 3.29. The van der Waals surface area contributed by atoms with Crippen LogP contribution in [-0.2, 0) is 20.9 Å². The molecule has 4 nitrogen and oxygen atoms in total. The summed E-state index contributed by atoms with van der Waals surface area (Å²) in [7, 11) is 1.40. The molecule has 1 aromatic rings. The lowest BCUT2D eigenvalue weighted by atomic mass is 9.77. The van der Waals surface area contributed by atoms with Gasteiger partial charge in [-0.2, -0.15) is 0 Å². The molecule has 0 amide bonds. The van der Waals surface area contributed by atoms with Gasteiger partial charge in [-0.1, -0.05) is 0 Å². The molecule has 0 bridgehead atoms. The second kappa shape index (κ2) is 4.70. The van der Waals surface area contributed by atoms with Crippen LogP contribution in [0.3, 0.4) is 0 Å². The summed E-state index contributed by atoms with van der Waals surface area (Å²) in [6, 6.07) is 3.69. The minimum absolute atomic E-state index is 0.209. The van der Waals surface area contributed by atoms with Gasteiger partial charge in [-0.15, -0.1) is 0 Å². The first-order chi connectivity index (χ1) is 7.74. The SMILES string of the molecule is COC(=O)CC1(OCc2ccco2)CCC1. The van der Waals surface area contributed by atoms with E-state index in [0.29, 0.717) is 13.0 Å². The van der Waals surface area contributed by atoms with Crippen molar-refractivity contribution in [3.63, 3.8) is 0 Å². The van der Waals surface area contributed by atoms with Gasteiger partial charge in [0, 0.05) is 0 Å². The van der Waals surface area contributed by atoms with Crippen molar-refractivity contribution < 1.29 is 18.7 Å². The molecule has 0 aromatic carbocycles. The molecule has 0 atom stereocenters. The molecule has 4 heteroatoms. The van der Waals surface area contributed by atoms with Crippen LogP contribution in [0.2, 0.25) is 0 Å². The Bertz CT molecular complexity index is 338. The Labute approximate surface area is 94.5 Å². The van der Waals surface area contributed by atoms with E-state index < -0.39 is 0 Å².